The van der Waals surface area contributed by atoms with Crippen LogP contribution >= 0.6 is 0 Å². The first-order chi connectivity index (χ1) is 8.81. The summed E-state index contributed by atoms with van der Waals surface area (Å²) in [6.07, 6.45) is 2.26. The molecule has 0 atom stereocenters. The maximum atomic E-state index is 8.96. The van der Waals surface area contributed by atoms with Gasteiger partial charge in [-0.2, -0.15) is 0 Å². The molecule has 2 aromatic rings. The second-order valence-corrected chi connectivity index (χ2v) is 4.30. The zero-order valence-corrected chi connectivity index (χ0v) is 10.6. The highest BCUT2D eigenvalue weighted by Crippen LogP contribution is 2.22. The highest BCUT2D eigenvalue weighted by Gasteiger charge is 1.98. The van der Waals surface area contributed by atoms with Gasteiger partial charge in [0.2, 0.25) is 0 Å². The van der Waals surface area contributed by atoms with Gasteiger partial charge >= 0.3 is 0 Å². The van der Waals surface area contributed by atoms with Crippen molar-refractivity contribution in [2.45, 2.75) is 26.4 Å². The molecule has 0 fully saturated rings. The fraction of sp³-hybridized carbons (Fsp3) is 0.250. The molecule has 0 heterocycles. The summed E-state index contributed by atoms with van der Waals surface area (Å²) in [6.45, 7) is 2.24. The van der Waals surface area contributed by atoms with E-state index in [1.807, 2.05) is 36.4 Å². The fourth-order valence-corrected chi connectivity index (χ4v) is 1.81. The monoisotopic (exact) mass is 242 g/mol. The summed E-state index contributed by atoms with van der Waals surface area (Å²) >= 11 is 0. The number of hydrogen-bond donors (Lipinski definition) is 1. The van der Waals surface area contributed by atoms with Crippen LogP contribution in [0.25, 0.3) is 0 Å². The van der Waals surface area contributed by atoms with Crippen LogP contribution in [0.5, 0.6) is 11.5 Å². The van der Waals surface area contributed by atoms with Crippen LogP contribution in [0.1, 0.15) is 24.5 Å². The van der Waals surface area contributed by atoms with Crippen LogP contribution in [-0.2, 0) is 13.0 Å². The lowest BCUT2D eigenvalue weighted by atomic mass is 10.1. The van der Waals surface area contributed by atoms with Crippen molar-refractivity contribution in [1.82, 2.24) is 0 Å². The number of aryl methyl sites for hydroxylation is 1. The van der Waals surface area contributed by atoms with E-state index in [9.17, 15) is 0 Å². The largest absolute Gasteiger partial charge is 0.457 e. The Kier molecular flexibility index (Phi) is 4.37. The molecule has 2 nitrogen and oxygen atoms in total. The van der Waals surface area contributed by atoms with Crippen LogP contribution in [0.15, 0.2) is 48.5 Å². The molecule has 1 N–H and O–H groups in total. The summed E-state index contributed by atoms with van der Waals surface area (Å²) < 4.78 is 5.73. The molecule has 94 valence electrons. The van der Waals surface area contributed by atoms with Gasteiger partial charge in [-0.3, -0.25) is 0 Å². The summed E-state index contributed by atoms with van der Waals surface area (Å²) in [5.74, 6) is 1.63. The summed E-state index contributed by atoms with van der Waals surface area (Å²) in [4.78, 5) is 0. The van der Waals surface area contributed by atoms with E-state index in [1.165, 1.54) is 5.56 Å². The van der Waals surface area contributed by atoms with Gasteiger partial charge in [-0.1, -0.05) is 37.6 Å². The lowest BCUT2D eigenvalue weighted by Gasteiger charge is -2.07. The molecule has 0 aromatic heterocycles. The summed E-state index contributed by atoms with van der Waals surface area (Å²) in [5.41, 5.74) is 2.22. The molecule has 0 aliphatic heterocycles. The summed E-state index contributed by atoms with van der Waals surface area (Å²) in [7, 11) is 0. The van der Waals surface area contributed by atoms with Crippen molar-refractivity contribution in [2.75, 3.05) is 0 Å². The Balaban J connectivity index is 2.03. The summed E-state index contributed by atoms with van der Waals surface area (Å²) in [6, 6.07) is 15.6. The first-order valence-electron chi connectivity index (χ1n) is 6.28. The van der Waals surface area contributed by atoms with E-state index in [4.69, 9.17) is 9.84 Å². The van der Waals surface area contributed by atoms with Crippen LogP contribution in [0.3, 0.4) is 0 Å². The van der Waals surface area contributed by atoms with Crippen molar-refractivity contribution in [2.24, 2.45) is 0 Å². The highest BCUT2D eigenvalue weighted by molar-refractivity contribution is 5.34. The van der Waals surface area contributed by atoms with Crippen LogP contribution in [0.4, 0.5) is 0 Å². The van der Waals surface area contributed by atoms with Gasteiger partial charge in [-0.15, -0.1) is 0 Å². The number of aliphatic hydroxyl groups is 1. The Morgan fingerprint density at radius 3 is 1.78 bits per heavy atom. The minimum atomic E-state index is 0.0615. The predicted molar refractivity (Wildman–Crippen MR) is 72.9 cm³/mol. The quantitative estimate of drug-likeness (QED) is 0.861. The molecular formula is C16H18O2. The van der Waals surface area contributed by atoms with Crippen LogP contribution in [-0.4, -0.2) is 5.11 Å². The van der Waals surface area contributed by atoms with Crippen molar-refractivity contribution < 1.29 is 9.84 Å². The maximum absolute atomic E-state index is 8.96. The molecule has 0 amide bonds. The molecule has 0 aliphatic rings. The van der Waals surface area contributed by atoms with Crippen molar-refractivity contribution in [3.8, 4) is 11.5 Å². The molecule has 2 rings (SSSR count). The van der Waals surface area contributed by atoms with Gasteiger partial charge in [-0.05, 0) is 41.8 Å². The number of aliphatic hydroxyl groups excluding tert-OH is 1. The average Bonchev–Trinajstić information content (AvgIpc) is 2.42. The van der Waals surface area contributed by atoms with Gasteiger partial charge in [0.25, 0.3) is 0 Å². The van der Waals surface area contributed by atoms with Crippen molar-refractivity contribution >= 4 is 0 Å². The van der Waals surface area contributed by atoms with E-state index in [0.29, 0.717) is 0 Å². The topological polar surface area (TPSA) is 29.5 Å². The number of hydrogen-bond acceptors (Lipinski definition) is 2. The molecule has 0 saturated carbocycles. The molecule has 0 aliphatic carbocycles. The van der Waals surface area contributed by atoms with Crippen molar-refractivity contribution in [1.29, 1.82) is 0 Å². The molecule has 0 bridgehead atoms. The van der Waals surface area contributed by atoms with Crippen LogP contribution in [0.2, 0.25) is 0 Å². The lowest BCUT2D eigenvalue weighted by molar-refractivity contribution is 0.281. The minimum Gasteiger partial charge on any atom is -0.457 e. The molecular weight excluding hydrogens is 224 g/mol. The van der Waals surface area contributed by atoms with Gasteiger partial charge in [0.15, 0.2) is 0 Å². The Morgan fingerprint density at radius 2 is 1.33 bits per heavy atom. The van der Waals surface area contributed by atoms with Gasteiger partial charge in [0, 0.05) is 0 Å². The van der Waals surface area contributed by atoms with Crippen LogP contribution < -0.4 is 4.74 Å². The fourth-order valence-electron chi connectivity index (χ4n) is 1.81. The first kappa shape index (κ1) is 12.7. The number of benzene rings is 2. The molecule has 2 heteroatoms. The van der Waals surface area contributed by atoms with Crippen molar-refractivity contribution in [3.05, 3.63) is 59.7 Å². The first-order valence-corrected chi connectivity index (χ1v) is 6.28. The third-order valence-electron chi connectivity index (χ3n) is 2.80. The molecule has 2 aromatic carbocycles. The van der Waals surface area contributed by atoms with Crippen molar-refractivity contribution in [3.63, 3.8) is 0 Å². The lowest BCUT2D eigenvalue weighted by Crippen LogP contribution is -1.87. The Morgan fingerprint density at radius 1 is 0.833 bits per heavy atom. The second-order valence-electron chi connectivity index (χ2n) is 4.30. The molecule has 0 radical (unpaired) electrons. The SMILES string of the molecule is CCCc1ccc(Oc2ccc(CO)cc2)cc1. The average molecular weight is 242 g/mol. The van der Waals surface area contributed by atoms with Gasteiger partial charge < -0.3 is 9.84 Å². The highest BCUT2D eigenvalue weighted by atomic mass is 16.5. The number of ether oxygens (including phenoxy) is 1. The number of rotatable bonds is 5. The summed E-state index contributed by atoms with van der Waals surface area (Å²) in [5, 5.41) is 8.96. The van der Waals surface area contributed by atoms with E-state index in [0.717, 1.165) is 29.9 Å². The maximum Gasteiger partial charge on any atom is 0.127 e. The van der Waals surface area contributed by atoms with Gasteiger partial charge in [-0.25, -0.2) is 0 Å². The van der Waals surface area contributed by atoms with E-state index < -0.39 is 0 Å². The van der Waals surface area contributed by atoms with Crippen LogP contribution in [0, 0.1) is 0 Å². The second kappa shape index (κ2) is 6.22. The smallest absolute Gasteiger partial charge is 0.127 e. The predicted octanol–water partition coefficient (Wildman–Crippen LogP) is 3.92. The third kappa shape index (κ3) is 3.34. The van der Waals surface area contributed by atoms with E-state index in [2.05, 4.69) is 19.1 Å². The van der Waals surface area contributed by atoms with E-state index >= 15 is 0 Å². The standard InChI is InChI=1S/C16H18O2/c1-2-3-13-4-8-15(9-5-13)18-16-10-6-14(12-17)7-11-16/h4-11,17H,2-3,12H2,1H3. The van der Waals surface area contributed by atoms with E-state index in [-0.39, 0.29) is 6.61 Å². The Labute approximate surface area is 108 Å². The molecule has 0 saturated heterocycles. The van der Waals surface area contributed by atoms with Gasteiger partial charge in [0.1, 0.15) is 11.5 Å². The molecule has 0 unspecified atom stereocenters. The minimum absolute atomic E-state index is 0.0615. The normalized spacial score (nSPS) is 10.3. The molecule has 0 spiro atoms. The Hall–Kier alpha value is -1.80. The zero-order valence-electron chi connectivity index (χ0n) is 10.6. The van der Waals surface area contributed by atoms with Gasteiger partial charge in [0.05, 0.1) is 6.61 Å². The third-order valence-corrected chi connectivity index (χ3v) is 2.80. The molecule has 18 heavy (non-hydrogen) atoms. The zero-order chi connectivity index (χ0) is 12.8. The Bertz CT molecular complexity index is 471. The van der Waals surface area contributed by atoms with E-state index in [1.54, 1.807) is 0 Å².